The lowest BCUT2D eigenvalue weighted by Crippen LogP contribution is -2.49. The minimum atomic E-state index is -4.42. The molecule has 0 rings (SSSR count). The number of sulfonamides is 1. The Hall–Kier alpha value is -0.830. The number of carbonyl (C=O) groups is 1. The molecule has 2 N–H and O–H groups in total. The van der Waals surface area contributed by atoms with Crippen LogP contribution in [0, 0.1) is 5.41 Å². The Balaban J connectivity index is 4.63. The van der Waals surface area contributed by atoms with Crippen LogP contribution in [0.5, 0.6) is 0 Å². The molecule has 0 aliphatic heterocycles. The highest BCUT2D eigenvalue weighted by Gasteiger charge is 2.35. The van der Waals surface area contributed by atoms with Gasteiger partial charge in [0.1, 0.15) is 6.04 Å². The van der Waals surface area contributed by atoms with Crippen LogP contribution in [-0.4, -0.2) is 37.5 Å². The van der Waals surface area contributed by atoms with Crippen molar-refractivity contribution in [3.05, 3.63) is 0 Å². The maximum absolute atomic E-state index is 11.9. The Morgan fingerprint density at radius 3 is 2.05 bits per heavy atom. The van der Waals surface area contributed by atoms with Gasteiger partial charge in [-0.25, -0.2) is 13.1 Å². The van der Waals surface area contributed by atoms with Crippen LogP contribution >= 0.6 is 0 Å². The lowest BCUT2D eigenvalue weighted by Gasteiger charge is -2.27. The zero-order valence-electron chi connectivity index (χ0n) is 10.9. The summed E-state index contributed by atoms with van der Waals surface area (Å²) < 4.78 is 60.7. The molecule has 5 nitrogen and oxygen atoms in total. The average molecular weight is 305 g/mol. The number of nitrogens with one attached hydrogen (secondary N) is 1. The molecule has 0 aromatic carbocycles. The van der Waals surface area contributed by atoms with E-state index in [9.17, 15) is 26.4 Å². The zero-order valence-corrected chi connectivity index (χ0v) is 11.7. The second-order valence-corrected chi connectivity index (χ2v) is 7.17. The summed E-state index contributed by atoms with van der Waals surface area (Å²) in [5.74, 6) is -2.13. The van der Waals surface area contributed by atoms with Crippen LogP contribution in [-0.2, 0) is 14.8 Å². The van der Waals surface area contributed by atoms with E-state index >= 15 is 0 Å². The molecule has 0 saturated carbocycles. The summed E-state index contributed by atoms with van der Waals surface area (Å²) in [5, 5.41) is 8.92. The monoisotopic (exact) mass is 305 g/mol. The van der Waals surface area contributed by atoms with E-state index < -0.39 is 52.2 Å². The molecule has 0 saturated heterocycles. The number of carboxylic acids is 1. The van der Waals surface area contributed by atoms with Gasteiger partial charge in [0.25, 0.3) is 0 Å². The minimum Gasteiger partial charge on any atom is -0.480 e. The molecular formula is C10H18F3NO4S. The number of hydrogen-bond donors (Lipinski definition) is 2. The Morgan fingerprint density at radius 1 is 1.26 bits per heavy atom. The van der Waals surface area contributed by atoms with Crippen molar-refractivity contribution >= 4 is 16.0 Å². The summed E-state index contributed by atoms with van der Waals surface area (Å²) in [6.45, 7) is 4.55. The normalized spacial score (nSPS) is 15.3. The molecule has 0 amide bonds. The van der Waals surface area contributed by atoms with Crippen molar-refractivity contribution in [2.24, 2.45) is 5.41 Å². The Morgan fingerprint density at radius 2 is 1.74 bits per heavy atom. The van der Waals surface area contributed by atoms with Gasteiger partial charge < -0.3 is 5.11 Å². The number of rotatable bonds is 6. The molecule has 0 aromatic heterocycles. The number of carboxylic acid groups (broad SMARTS) is 1. The van der Waals surface area contributed by atoms with Crippen molar-refractivity contribution < 1.29 is 31.5 Å². The first-order valence-corrected chi connectivity index (χ1v) is 7.19. The lowest BCUT2D eigenvalue weighted by molar-refractivity contribution is -0.141. The highest BCUT2D eigenvalue weighted by molar-refractivity contribution is 7.89. The predicted molar refractivity (Wildman–Crippen MR) is 63.1 cm³/mol. The first kappa shape index (κ1) is 18.2. The molecule has 0 aliphatic rings. The van der Waals surface area contributed by atoms with E-state index in [-0.39, 0.29) is 0 Å². The van der Waals surface area contributed by atoms with Gasteiger partial charge in [0.15, 0.2) is 0 Å². The Labute approximate surface area is 110 Å². The van der Waals surface area contributed by atoms with Gasteiger partial charge in [0, 0.05) is 6.42 Å². The van der Waals surface area contributed by atoms with Crippen molar-refractivity contribution in [1.29, 1.82) is 0 Å². The summed E-state index contributed by atoms with van der Waals surface area (Å²) in [4.78, 5) is 10.9. The number of aliphatic carboxylic acids is 1. The number of halogens is 3. The van der Waals surface area contributed by atoms with Crippen LogP contribution in [0.2, 0.25) is 0 Å². The molecule has 0 bridgehead atoms. The van der Waals surface area contributed by atoms with Gasteiger partial charge in [-0.15, -0.1) is 0 Å². The van der Waals surface area contributed by atoms with Crippen molar-refractivity contribution in [1.82, 2.24) is 4.72 Å². The van der Waals surface area contributed by atoms with Crippen molar-refractivity contribution in [3.63, 3.8) is 0 Å². The standard InChI is InChI=1S/C10H18F3NO4S/c1-9(2,3)7(8(15)16)14-19(17,18)6-4-5-10(11,12)13/h7,14H,4-6H2,1-3H3,(H,15,16). The fourth-order valence-electron chi connectivity index (χ4n) is 1.30. The van der Waals surface area contributed by atoms with E-state index in [1.165, 1.54) is 20.8 Å². The third kappa shape index (κ3) is 8.04. The molecule has 0 heterocycles. The second kappa shape index (κ2) is 6.08. The van der Waals surface area contributed by atoms with Gasteiger partial charge in [-0.1, -0.05) is 20.8 Å². The average Bonchev–Trinajstić information content (AvgIpc) is 2.09. The van der Waals surface area contributed by atoms with Crippen molar-refractivity contribution in [2.75, 3.05) is 5.75 Å². The Bertz CT molecular complexity index is 411. The summed E-state index contributed by atoms with van der Waals surface area (Å²) in [5.41, 5.74) is -0.886. The van der Waals surface area contributed by atoms with Crippen LogP contribution in [0.15, 0.2) is 0 Å². The van der Waals surface area contributed by atoms with Gasteiger partial charge in [0.2, 0.25) is 10.0 Å². The largest absolute Gasteiger partial charge is 0.480 e. The molecule has 9 heteroatoms. The molecule has 0 fully saturated rings. The first-order valence-electron chi connectivity index (χ1n) is 5.54. The molecule has 19 heavy (non-hydrogen) atoms. The van der Waals surface area contributed by atoms with E-state index in [4.69, 9.17) is 5.11 Å². The summed E-state index contributed by atoms with van der Waals surface area (Å²) in [6, 6.07) is -1.39. The third-order valence-corrected chi connectivity index (χ3v) is 3.70. The van der Waals surface area contributed by atoms with Crippen LogP contribution < -0.4 is 4.72 Å². The fourth-order valence-corrected chi connectivity index (χ4v) is 2.75. The zero-order chi connectivity index (χ0) is 15.5. The van der Waals surface area contributed by atoms with Crippen molar-refractivity contribution in [2.45, 2.75) is 45.8 Å². The molecular weight excluding hydrogens is 287 g/mol. The highest BCUT2D eigenvalue weighted by Crippen LogP contribution is 2.23. The summed E-state index contributed by atoms with van der Waals surface area (Å²) in [6.07, 6.45) is -6.25. The maximum Gasteiger partial charge on any atom is 0.389 e. The van der Waals surface area contributed by atoms with Gasteiger partial charge >= 0.3 is 12.1 Å². The molecule has 114 valence electrons. The Kier molecular flexibility index (Phi) is 5.82. The second-order valence-electron chi connectivity index (χ2n) is 5.29. The van der Waals surface area contributed by atoms with Gasteiger partial charge in [-0.3, -0.25) is 4.79 Å². The lowest BCUT2D eigenvalue weighted by atomic mass is 9.88. The number of hydrogen-bond acceptors (Lipinski definition) is 3. The SMILES string of the molecule is CC(C)(C)C(NS(=O)(=O)CCCC(F)(F)F)C(=O)O. The molecule has 0 aromatic rings. The highest BCUT2D eigenvalue weighted by atomic mass is 32.2. The van der Waals surface area contributed by atoms with Crippen LogP contribution in [0.3, 0.4) is 0 Å². The van der Waals surface area contributed by atoms with E-state index in [0.717, 1.165) is 0 Å². The van der Waals surface area contributed by atoms with Crippen LogP contribution in [0.1, 0.15) is 33.6 Å². The molecule has 0 aliphatic carbocycles. The van der Waals surface area contributed by atoms with Gasteiger partial charge in [-0.05, 0) is 11.8 Å². The number of alkyl halides is 3. The van der Waals surface area contributed by atoms with E-state index in [1.807, 2.05) is 4.72 Å². The van der Waals surface area contributed by atoms with E-state index in [0.29, 0.717) is 0 Å². The quantitative estimate of drug-likeness (QED) is 0.783. The molecule has 0 spiro atoms. The molecule has 1 unspecified atom stereocenters. The first-order chi connectivity index (χ1) is 8.25. The maximum atomic E-state index is 11.9. The smallest absolute Gasteiger partial charge is 0.389 e. The van der Waals surface area contributed by atoms with E-state index in [1.54, 1.807) is 0 Å². The van der Waals surface area contributed by atoms with Crippen molar-refractivity contribution in [3.8, 4) is 0 Å². The summed E-state index contributed by atoms with van der Waals surface area (Å²) in [7, 11) is -4.06. The summed E-state index contributed by atoms with van der Waals surface area (Å²) >= 11 is 0. The molecule has 1 atom stereocenters. The predicted octanol–water partition coefficient (Wildman–Crippen LogP) is 1.75. The van der Waals surface area contributed by atoms with Gasteiger partial charge in [0.05, 0.1) is 5.75 Å². The van der Waals surface area contributed by atoms with Gasteiger partial charge in [-0.2, -0.15) is 13.2 Å². The van der Waals surface area contributed by atoms with E-state index in [2.05, 4.69) is 0 Å². The topological polar surface area (TPSA) is 83.5 Å². The fraction of sp³-hybridized carbons (Fsp3) is 0.900. The minimum absolute atomic E-state index is 0.602. The van der Waals surface area contributed by atoms with Crippen LogP contribution in [0.4, 0.5) is 13.2 Å². The third-order valence-electron chi connectivity index (χ3n) is 2.28. The molecule has 0 radical (unpaired) electrons. The van der Waals surface area contributed by atoms with Crippen LogP contribution in [0.25, 0.3) is 0 Å².